The number of phenols is 1. The predicted octanol–water partition coefficient (Wildman–Crippen LogP) is 4.31. The van der Waals surface area contributed by atoms with Crippen LogP contribution in [0.4, 0.5) is 5.69 Å². The van der Waals surface area contributed by atoms with Crippen LogP contribution in [0.2, 0.25) is 0 Å². The van der Waals surface area contributed by atoms with Gasteiger partial charge in [-0.05, 0) is 30.7 Å². The Kier molecular flexibility index (Phi) is 3.78. The van der Waals surface area contributed by atoms with Crippen LogP contribution in [0.3, 0.4) is 0 Å². The van der Waals surface area contributed by atoms with Gasteiger partial charge in [-0.2, -0.15) is 0 Å². The lowest BCUT2D eigenvalue weighted by molar-refractivity contribution is -0.117. The molecule has 24 heavy (non-hydrogen) atoms. The van der Waals surface area contributed by atoms with E-state index in [0.29, 0.717) is 6.42 Å². The number of carbonyl (C=O) groups excluding carboxylic acids is 1. The molecule has 4 rings (SSSR count). The van der Waals surface area contributed by atoms with Crippen molar-refractivity contribution in [3.8, 4) is 27.6 Å². The van der Waals surface area contributed by atoms with E-state index < -0.39 is 0 Å². The maximum atomic E-state index is 11.9. The topological polar surface area (TPSA) is 53.4 Å². The van der Waals surface area contributed by atoms with Crippen molar-refractivity contribution in [3.63, 3.8) is 0 Å². The highest BCUT2D eigenvalue weighted by Crippen LogP contribution is 2.32. The fourth-order valence-electron chi connectivity index (χ4n) is 2.93. The number of aromatic hydroxyl groups is 1. The molecule has 1 saturated heterocycles. The van der Waals surface area contributed by atoms with Gasteiger partial charge in [0.2, 0.25) is 5.91 Å². The number of nitrogens with zero attached hydrogens (tertiary/aromatic N) is 2. The Balaban J connectivity index is 1.66. The van der Waals surface area contributed by atoms with Crippen LogP contribution in [0.25, 0.3) is 21.8 Å². The van der Waals surface area contributed by atoms with Crippen molar-refractivity contribution in [1.82, 2.24) is 4.98 Å². The summed E-state index contributed by atoms with van der Waals surface area (Å²) in [5, 5.41) is 12.5. The molecule has 1 amide bonds. The van der Waals surface area contributed by atoms with Crippen LogP contribution in [0, 0.1) is 0 Å². The normalized spacial score (nSPS) is 14.3. The highest BCUT2D eigenvalue weighted by Gasteiger charge is 2.22. The smallest absolute Gasteiger partial charge is 0.227 e. The zero-order chi connectivity index (χ0) is 16.5. The molecular formula is C19H16N2O2S. The van der Waals surface area contributed by atoms with E-state index >= 15 is 0 Å². The number of rotatable bonds is 3. The first kappa shape index (κ1) is 14.9. The minimum Gasteiger partial charge on any atom is -0.508 e. The minimum atomic E-state index is 0.186. The highest BCUT2D eigenvalue weighted by molar-refractivity contribution is 7.13. The fraction of sp³-hybridized carbons (Fsp3) is 0.158. The molecule has 2 aromatic carbocycles. The van der Waals surface area contributed by atoms with E-state index in [0.717, 1.165) is 40.5 Å². The molecule has 3 aromatic rings. The molecule has 0 saturated carbocycles. The number of benzene rings is 2. The molecule has 1 aliphatic heterocycles. The van der Waals surface area contributed by atoms with Crippen molar-refractivity contribution in [2.24, 2.45) is 0 Å². The zero-order valence-electron chi connectivity index (χ0n) is 13.0. The number of thiazole rings is 1. The van der Waals surface area contributed by atoms with Crippen LogP contribution in [0.5, 0.6) is 5.75 Å². The lowest BCUT2D eigenvalue weighted by Crippen LogP contribution is -2.23. The van der Waals surface area contributed by atoms with E-state index in [1.165, 1.54) is 0 Å². The molecule has 0 radical (unpaired) electrons. The van der Waals surface area contributed by atoms with Gasteiger partial charge in [-0.3, -0.25) is 4.79 Å². The quantitative estimate of drug-likeness (QED) is 0.775. The average Bonchev–Trinajstić information content (AvgIpc) is 3.24. The van der Waals surface area contributed by atoms with Gasteiger partial charge >= 0.3 is 0 Å². The molecule has 1 fully saturated rings. The average molecular weight is 336 g/mol. The van der Waals surface area contributed by atoms with Gasteiger partial charge in [0.05, 0.1) is 5.69 Å². The van der Waals surface area contributed by atoms with Gasteiger partial charge in [0, 0.05) is 35.2 Å². The van der Waals surface area contributed by atoms with Crippen LogP contribution < -0.4 is 4.90 Å². The van der Waals surface area contributed by atoms with Gasteiger partial charge in [-0.25, -0.2) is 4.98 Å². The van der Waals surface area contributed by atoms with Crippen LogP contribution in [0.1, 0.15) is 12.8 Å². The van der Waals surface area contributed by atoms with Crippen molar-refractivity contribution < 1.29 is 9.90 Å². The van der Waals surface area contributed by atoms with Crippen molar-refractivity contribution in [2.45, 2.75) is 12.8 Å². The molecule has 0 spiro atoms. The Bertz CT molecular complexity index is 904. The van der Waals surface area contributed by atoms with Crippen molar-refractivity contribution in [2.75, 3.05) is 11.4 Å². The lowest BCUT2D eigenvalue weighted by Gasteiger charge is -2.16. The SMILES string of the molecule is O=C1CCCN1c1cccc(-c2csc(-c3cccc(O)c3)n2)c1. The van der Waals surface area contributed by atoms with Gasteiger partial charge in [0.25, 0.3) is 0 Å². The highest BCUT2D eigenvalue weighted by atomic mass is 32.1. The summed E-state index contributed by atoms with van der Waals surface area (Å²) in [5.74, 6) is 0.421. The number of anilines is 1. The van der Waals surface area contributed by atoms with Crippen LogP contribution in [-0.2, 0) is 4.79 Å². The third kappa shape index (κ3) is 2.78. The number of aromatic nitrogens is 1. The maximum Gasteiger partial charge on any atom is 0.227 e. The Morgan fingerprint density at radius 1 is 1.08 bits per heavy atom. The van der Waals surface area contributed by atoms with E-state index in [1.54, 1.807) is 23.5 Å². The number of phenolic OH excluding ortho intramolecular Hbond substituents is 1. The summed E-state index contributed by atoms with van der Waals surface area (Å²) in [4.78, 5) is 18.5. The largest absolute Gasteiger partial charge is 0.508 e. The van der Waals surface area contributed by atoms with E-state index in [-0.39, 0.29) is 11.7 Å². The van der Waals surface area contributed by atoms with E-state index in [9.17, 15) is 9.90 Å². The number of hydrogen-bond donors (Lipinski definition) is 1. The summed E-state index contributed by atoms with van der Waals surface area (Å²) in [6, 6.07) is 15.1. The molecule has 1 aromatic heterocycles. The van der Waals surface area contributed by atoms with E-state index in [1.807, 2.05) is 46.7 Å². The van der Waals surface area contributed by atoms with Crippen molar-refractivity contribution in [3.05, 3.63) is 53.9 Å². The number of amides is 1. The van der Waals surface area contributed by atoms with Crippen molar-refractivity contribution in [1.29, 1.82) is 0 Å². The zero-order valence-corrected chi connectivity index (χ0v) is 13.8. The van der Waals surface area contributed by atoms with E-state index in [2.05, 4.69) is 4.98 Å². The Morgan fingerprint density at radius 2 is 1.92 bits per heavy atom. The minimum absolute atomic E-state index is 0.186. The van der Waals surface area contributed by atoms with Crippen molar-refractivity contribution >= 4 is 22.9 Å². The third-order valence-corrected chi connectivity index (χ3v) is 5.02. The molecule has 1 N–H and O–H groups in total. The summed E-state index contributed by atoms with van der Waals surface area (Å²) in [7, 11) is 0. The Labute approximate surface area is 144 Å². The molecule has 0 bridgehead atoms. The first-order chi connectivity index (χ1) is 11.7. The molecule has 0 unspecified atom stereocenters. The van der Waals surface area contributed by atoms with Crippen LogP contribution >= 0.6 is 11.3 Å². The summed E-state index contributed by atoms with van der Waals surface area (Å²) in [5.41, 5.74) is 3.71. The summed E-state index contributed by atoms with van der Waals surface area (Å²) in [6.07, 6.45) is 1.55. The molecule has 2 heterocycles. The fourth-order valence-corrected chi connectivity index (χ4v) is 3.76. The standard InChI is InChI=1S/C19H16N2O2S/c22-16-7-2-5-14(11-16)19-20-17(12-24-19)13-4-1-6-15(10-13)21-9-3-8-18(21)23/h1-2,4-7,10-12,22H,3,8-9H2. The molecule has 0 aliphatic carbocycles. The molecule has 0 atom stereocenters. The van der Waals surface area contributed by atoms with E-state index in [4.69, 9.17) is 0 Å². The van der Waals surface area contributed by atoms with Gasteiger partial charge in [0.15, 0.2) is 0 Å². The Morgan fingerprint density at radius 3 is 2.71 bits per heavy atom. The van der Waals surface area contributed by atoms with Gasteiger partial charge in [-0.15, -0.1) is 11.3 Å². The first-order valence-electron chi connectivity index (χ1n) is 7.86. The van der Waals surface area contributed by atoms with Crippen LogP contribution in [0.15, 0.2) is 53.9 Å². The Hall–Kier alpha value is -2.66. The summed E-state index contributed by atoms with van der Waals surface area (Å²) in [6.45, 7) is 0.786. The molecule has 1 aliphatic rings. The third-order valence-electron chi connectivity index (χ3n) is 4.12. The molecule has 120 valence electrons. The number of hydrogen-bond acceptors (Lipinski definition) is 4. The van der Waals surface area contributed by atoms with Gasteiger partial charge < -0.3 is 10.0 Å². The van der Waals surface area contributed by atoms with Gasteiger partial charge in [0.1, 0.15) is 10.8 Å². The first-order valence-corrected chi connectivity index (χ1v) is 8.74. The summed E-state index contributed by atoms with van der Waals surface area (Å²) >= 11 is 1.54. The second kappa shape index (κ2) is 6.09. The number of carbonyl (C=O) groups is 1. The second-order valence-electron chi connectivity index (χ2n) is 5.79. The lowest BCUT2D eigenvalue weighted by atomic mass is 10.1. The molecular weight excluding hydrogens is 320 g/mol. The predicted molar refractivity (Wildman–Crippen MR) is 96.2 cm³/mol. The molecule has 5 heteroatoms. The summed E-state index contributed by atoms with van der Waals surface area (Å²) < 4.78 is 0. The molecule has 4 nitrogen and oxygen atoms in total. The second-order valence-corrected chi connectivity index (χ2v) is 6.65. The maximum absolute atomic E-state index is 11.9. The van der Waals surface area contributed by atoms with Gasteiger partial charge in [-0.1, -0.05) is 24.3 Å². The van der Waals surface area contributed by atoms with Crippen LogP contribution in [-0.4, -0.2) is 22.5 Å². The monoisotopic (exact) mass is 336 g/mol.